The first kappa shape index (κ1) is 15.0. The van der Waals surface area contributed by atoms with Crippen molar-refractivity contribution in [2.24, 2.45) is 4.99 Å². The number of nitrogens with one attached hydrogen (secondary N) is 1. The highest BCUT2D eigenvalue weighted by Gasteiger charge is 2.37. The van der Waals surface area contributed by atoms with Crippen molar-refractivity contribution in [3.63, 3.8) is 0 Å². The molecule has 0 spiro atoms. The van der Waals surface area contributed by atoms with Gasteiger partial charge in [0.25, 0.3) is 0 Å². The number of allylic oxidation sites excluding steroid dienone is 1. The topological polar surface area (TPSA) is 24.4 Å². The number of hydrogen-bond acceptors (Lipinski definition) is 2. The second-order valence-electron chi connectivity index (χ2n) is 5.61. The van der Waals surface area contributed by atoms with E-state index >= 15 is 0 Å². The average Bonchev–Trinajstić information content (AvgIpc) is 3.00. The molecule has 1 atom stereocenters. The van der Waals surface area contributed by atoms with E-state index in [0.29, 0.717) is 0 Å². The van der Waals surface area contributed by atoms with E-state index in [2.05, 4.69) is 59.7 Å². The Labute approximate surface area is 145 Å². The molecule has 3 heteroatoms. The van der Waals surface area contributed by atoms with Gasteiger partial charge >= 0.3 is 0 Å². The fourth-order valence-electron chi connectivity index (χ4n) is 3.04. The standard InChI is InChI=1S/C21H19N2S/c1-2-24-20(14-15-22-17-9-4-3-5-10-17)23-19-13-12-16-8-6-7-11-18(16)21(19)24/h3-15,23H,2H2,1H3/q+1. The average molecular weight is 331 g/mol. The Bertz CT molecular complexity index is 929. The van der Waals surface area contributed by atoms with E-state index in [9.17, 15) is 0 Å². The van der Waals surface area contributed by atoms with Gasteiger partial charge in [0.05, 0.1) is 22.3 Å². The zero-order valence-electron chi connectivity index (χ0n) is 13.6. The van der Waals surface area contributed by atoms with Crippen molar-refractivity contribution in [3.05, 3.63) is 77.8 Å². The van der Waals surface area contributed by atoms with Gasteiger partial charge in [-0.2, -0.15) is 0 Å². The van der Waals surface area contributed by atoms with Crippen LogP contribution in [0.3, 0.4) is 0 Å². The number of para-hydroxylation sites is 1. The van der Waals surface area contributed by atoms with Crippen LogP contribution in [0.2, 0.25) is 0 Å². The molecule has 0 aliphatic carbocycles. The van der Waals surface area contributed by atoms with Crippen LogP contribution < -0.4 is 5.32 Å². The zero-order valence-corrected chi connectivity index (χ0v) is 14.4. The van der Waals surface area contributed by atoms with E-state index in [0.717, 1.165) is 11.4 Å². The van der Waals surface area contributed by atoms with Gasteiger partial charge in [0.15, 0.2) is 4.90 Å². The minimum absolute atomic E-state index is 0.0793. The number of nitrogens with zero attached hydrogens (tertiary/aromatic N) is 1. The van der Waals surface area contributed by atoms with Crippen molar-refractivity contribution in [2.75, 3.05) is 11.1 Å². The molecule has 0 saturated heterocycles. The summed E-state index contributed by atoms with van der Waals surface area (Å²) in [6, 6.07) is 23.1. The van der Waals surface area contributed by atoms with Crippen LogP contribution in [-0.2, 0) is 10.9 Å². The lowest BCUT2D eigenvalue weighted by Crippen LogP contribution is -2.06. The Morgan fingerprint density at radius 3 is 2.58 bits per heavy atom. The summed E-state index contributed by atoms with van der Waals surface area (Å²) >= 11 is 0. The second kappa shape index (κ2) is 6.54. The second-order valence-corrected chi connectivity index (χ2v) is 7.82. The molecule has 2 nitrogen and oxygen atoms in total. The summed E-state index contributed by atoms with van der Waals surface area (Å²) in [6.07, 6.45) is 4.02. The SMILES string of the molecule is CC[S+]1C(=CC=Nc2ccccc2)Nc2ccc3ccccc3c21. The third-order valence-corrected chi connectivity index (χ3v) is 6.42. The van der Waals surface area contributed by atoms with Crippen LogP contribution in [0.25, 0.3) is 10.8 Å². The molecule has 1 N–H and O–H groups in total. The number of aliphatic imine (C=N–C) groups is 1. The molecular formula is C21H19N2S+. The molecule has 1 heterocycles. The van der Waals surface area contributed by atoms with Gasteiger partial charge in [0, 0.05) is 17.7 Å². The lowest BCUT2D eigenvalue weighted by Gasteiger charge is -2.02. The molecule has 3 aromatic carbocycles. The van der Waals surface area contributed by atoms with Crippen LogP contribution in [0.4, 0.5) is 11.4 Å². The molecule has 1 aliphatic rings. The molecule has 0 aromatic heterocycles. The summed E-state index contributed by atoms with van der Waals surface area (Å²) in [6.45, 7) is 2.25. The van der Waals surface area contributed by atoms with Crippen LogP contribution >= 0.6 is 0 Å². The number of fused-ring (bicyclic) bond motifs is 3. The quantitative estimate of drug-likeness (QED) is 0.497. The van der Waals surface area contributed by atoms with E-state index in [1.54, 1.807) is 0 Å². The normalized spacial score (nSPS) is 18.2. The van der Waals surface area contributed by atoms with Gasteiger partial charge in [-0.3, -0.25) is 4.99 Å². The lowest BCUT2D eigenvalue weighted by atomic mass is 10.1. The highest BCUT2D eigenvalue weighted by molar-refractivity contribution is 8.01. The first-order valence-electron chi connectivity index (χ1n) is 8.16. The predicted molar refractivity (Wildman–Crippen MR) is 106 cm³/mol. The summed E-state index contributed by atoms with van der Waals surface area (Å²) in [4.78, 5) is 5.97. The lowest BCUT2D eigenvalue weighted by molar-refractivity contribution is 1.47. The van der Waals surface area contributed by atoms with Crippen molar-refractivity contribution in [3.8, 4) is 0 Å². The van der Waals surface area contributed by atoms with E-state index in [1.165, 1.54) is 26.4 Å². The summed E-state index contributed by atoms with van der Waals surface area (Å²) in [5, 5.41) is 7.52. The minimum atomic E-state index is 0.0793. The molecule has 24 heavy (non-hydrogen) atoms. The summed E-state index contributed by atoms with van der Waals surface area (Å²) < 4.78 is 0. The maximum Gasteiger partial charge on any atom is 0.232 e. The maximum atomic E-state index is 4.53. The summed E-state index contributed by atoms with van der Waals surface area (Å²) in [5.74, 6) is 1.10. The molecule has 0 fully saturated rings. The van der Waals surface area contributed by atoms with Gasteiger partial charge in [-0.15, -0.1) is 0 Å². The molecule has 0 radical (unpaired) electrons. The van der Waals surface area contributed by atoms with E-state index < -0.39 is 0 Å². The van der Waals surface area contributed by atoms with Crippen LogP contribution in [0, 0.1) is 0 Å². The molecule has 1 aliphatic heterocycles. The Hall–Kier alpha value is -2.52. The third-order valence-electron chi connectivity index (χ3n) is 4.14. The number of benzene rings is 3. The highest BCUT2D eigenvalue weighted by atomic mass is 32.2. The molecule has 4 rings (SSSR count). The van der Waals surface area contributed by atoms with Gasteiger partial charge in [-0.05, 0) is 36.6 Å². The third kappa shape index (κ3) is 2.72. The van der Waals surface area contributed by atoms with Crippen LogP contribution in [0.1, 0.15) is 6.92 Å². The van der Waals surface area contributed by atoms with E-state index in [4.69, 9.17) is 0 Å². The maximum absolute atomic E-state index is 4.53. The van der Waals surface area contributed by atoms with Crippen LogP contribution in [-0.4, -0.2) is 12.0 Å². The first-order valence-corrected chi connectivity index (χ1v) is 9.55. The monoisotopic (exact) mass is 331 g/mol. The summed E-state index contributed by atoms with van der Waals surface area (Å²) in [7, 11) is 0.0793. The number of hydrogen-bond donors (Lipinski definition) is 1. The van der Waals surface area contributed by atoms with Crippen molar-refractivity contribution < 1.29 is 0 Å². The van der Waals surface area contributed by atoms with Gasteiger partial charge in [-0.1, -0.05) is 42.5 Å². The molecule has 0 amide bonds. The van der Waals surface area contributed by atoms with Crippen molar-refractivity contribution in [1.29, 1.82) is 0 Å². The van der Waals surface area contributed by atoms with E-state index in [1.807, 2.05) is 36.5 Å². The zero-order chi connectivity index (χ0) is 16.4. The number of anilines is 1. The van der Waals surface area contributed by atoms with Crippen LogP contribution in [0.15, 0.2) is 87.7 Å². The molecule has 0 bridgehead atoms. The van der Waals surface area contributed by atoms with Gasteiger partial charge in [0.1, 0.15) is 5.75 Å². The number of rotatable bonds is 3. The molecule has 0 saturated carbocycles. The Kier molecular flexibility index (Phi) is 4.09. The van der Waals surface area contributed by atoms with E-state index in [-0.39, 0.29) is 10.9 Å². The fourth-order valence-corrected chi connectivity index (χ4v) is 5.15. The Morgan fingerprint density at radius 1 is 0.958 bits per heavy atom. The molecular weight excluding hydrogens is 312 g/mol. The van der Waals surface area contributed by atoms with Crippen LogP contribution in [0.5, 0.6) is 0 Å². The largest absolute Gasteiger partial charge is 0.311 e. The fraction of sp³-hybridized carbons (Fsp3) is 0.0952. The minimum Gasteiger partial charge on any atom is -0.311 e. The van der Waals surface area contributed by atoms with Gasteiger partial charge in [0.2, 0.25) is 5.03 Å². The summed E-state index contributed by atoms with van der Waals surface area (Å²) in [5.41, 5.74) is 2.21. The Morgan fingerprint density at radius 2 is 1.75 bits per heavy atom. The Balaban J connectivity index is 1.70. The van der Waals surface area contributed by atoms with Crippen molar-refractivity contribution >= 4 is 39.3 Å². The van der Waals surface area contributed by atoms with Gasteiger partial charge in [-0.25, -0.2) is 0 Å². The smallest absolute Gasteiger partial charge is 0.232 e. The highest BCUT2D eigenvalue weighted by Crippen LogP contribution is 2.41. The van der Waals surface area contributed by atoms with Crippen molar-refractivity contribution in [2.45, 2.75) is 11.8 Å². The molecule has 118 valence electrons. The molecule has 1 unspecified atom stereocenters. The van der Waals surface area contributed by atoms with Gasteiger partial charge < -0.3 is 5.32 Å². The molecule has 3 aromatic rings. The predicted octanol–water partition coefficient (Wildman–Crippen LogP) is 5.51. The first-order chi connectivity index (χ1) is 11.9. The van der Waals surface area contributed by atoms with Crippen molar-refractivity contribution in [1.82, 2.24) is 0 Å².